The molecule has 2 aromatic carbocycles. The molecule has 8 rings (SSSR count). The molecule has 0 radical (unpaired) electrons. The maximum absolute atomic E-state index is 15.3. The average Bonchev–Trinajstić information content (AvgIpc) is 3.79. The first-order valence-corrected chi connectivity index (χ1v) is 21.2. The number of hydrogen-bond donors (Lipinski definition) is 3. The number of imide groups is 1. The molecule has 2 atom stereocenters. The van der Waals surface area contributed by atoms with E-state index in [-0.39, 0.29) is 60.2 Å². The van der Waals surface area contributed by atoms with E-state index in [2.05, 4.69) is 25.9 Å². The number of fused-ring (bicyclic) bond motifs is 1. The molecule has 1 saturated carbocycles. The molecule has 19 heteroatoms. The van der Waals surface area contributed by atoms with E-state index < -0.39 is 36.0 Å². The first-order valence-electron chi connectivity index (χ1n) is 21.2. The second-order valence-corrected chi connectivity index (χ2v) is 16.7. The molecule has 5 aliphatic rings. The third-order valence-electron chi connectivity index (χ3n) is 12.6. The number of anilines is 5. The summed E-state index contributed by atoms with van der Waals surface area (Å²) in [7, 11) is 2.75. The molecule has 1 aromatic heterocycles. The molecule has 5 heterocycles. The molecule has 0 spiro atoms. The molecule has 3 N–H and O–H groups in total. The maximum Gasteiger partial charge on any atom is 0.342 e. The number of hydrogen-bond acceptors (Lipinski definition) is 12. The van der Waals surface area contributed by atoms with Crippen LogP contribution >= 0.6 is 0 Å². The van der Waals surface area contributed by atoms with Gasteiger partial charge in [-0.25, -0.2) is 9.37 Å². The van der Waals surface area contributed by atoms with Crippen molar-refractivity contribution in [3.63, 3.8) is 0 Å². The van der Waals surface area contributed by atoms with Gasteiger partial charge in [-0.2, -0.15) is 13.8 Å². The zero-order valence-corrected chi connectivity index (χ0v) is 34.8. The molecule has 330 valence electrons. The number of ether oxygens (including phenoxy) is 1. The second kappa shape index (κ2) is 17.8. The molecular formula is C43H51F3N10O6. The number of methoxy groups -OCH3 is 1. The van der Waals surface area contributed by atoms with Crippen molar-refractivity contribution in [2.45, 2.75) is 75.3 Å². The number of halogens is 3. The number of carbonyl (C=O) groups is 5. The highest BCUT2D eigenvalue weighted by Crippen LogP contribution is 2.40. The maximum atomic E-state index is 15.3. The van der Waals surface area contributed by atoms with E-state index in [0.717, 1.165) is 17.7 Å². The van der Waals surface area contributed by atoms with Gasteiger partial charge in [-0.05, 0) is 68.0 Å². The molecule has 4 fully saturated rings. The number of piperidine rings is 2. The summed E-state index contributed by atoms with van der Waals surface area (Å²) in [5.74, 6) is -6.37. The zero-order chi connectivity index (χ0) is 43.7. The summed E-state index contributed by atoms with van der Waals surface area (Å²) in [5.41, 5.74) is 1.92. The summed E-state index contributed by atoms with van der Waals surface area (Å²) >= 11 is 0. The van der Waals surface area contributed by atoms with Gasteiger partial charge in [-0.15, -0.1) is 0 Å². The van der Waals surface area contributed by atoms with Gasteiger partial charge in [0.2, 0.25) is 23.7 Å². The zero-order valence-electron chi connectivity index (χ0n) is 34.8. The lowest BCUT2D eigenvalue weighted by atomic mass is 9.90. The Morgan fingerprint density at radius 3 is 2.45 bits per heavy atom. The van der Waals surface area contributed by atoms with Gasteiger partial charge in [0.05, 0.1) is 43.7 Å². The van der Waals surface area contributed by atoms with Crippen LogP contribution in [0.3, 0.4) is 0 Å². The van der Waals surface area contributed by atoms with Gasteiger partial charge in [-0.1, -0.05) is 18.9 Å². The topological polar surface area (TPSA) is 173 Å². The van der Waals surface area contributed by atoms with Gasteiger partial charge < -0.3 is 35.0 Å². The second-order valence-electron chi connectivity index (χ2n) is 16.7. The third-order valence-corrected chi connectivity index (χ3v) is 12.6. The fourth-order valence-electron chi connectivity index (χ4n) is 9.20. The predicted molar refractivity (Wildman–Crippen MR) is 224 cm³/mol. The van der Waals surface area contributed by atoms with Crippen LogP contribution in [0.25, 0.3) is 0 Å². The fourth-order valence-corrected chi connectivity index (χ4v) is 9.20. The molecule has 16 nitrogen and oxygen atoms in total. The third kappa shape index (κ3) is 8.98. The standard InChI is InChI=1S/C43H51F3N10O6/c1-52-34-22-47-42(51-38(34)56(29-7-3-4-8-29)25-43(45,46)41(52)61)49-32-12-9-27(21-35(32)62-2)39(59)48-28-6-5-15-55(23-28)37(58)24-53-16-18-54(19-17-53)33-13-10-26(20-31(33)44)30-11-14-36(57)50-40(30)60/h9-10,12-13,20-22,28-30H,3-8,11,14-19,23-25H2,1-2H3,(H,48,59)(H,47,49,51)(H,50,57,60). The lowest BCUT2D eigenvalue weighted by molar-refractivity contribution is -0.140. The molecule has 1 aliphatic carbocycles. The lowest BCUT2D eigenvalue weighted by Crippen LogP contribution is -2.54. The normalized spacial score (nSPS) is 22.2. The Kier molecular flexibility index (Phi) is 12.2. The van der Waals surface area contributed by atoms with Gasteiger partial charge in [0.25, 0.3) is 11.8 Å². The van der Waals surface area contributed by atoms with Crippen molar-refractivity contribution in [2.75, 3.05) is 86.5 Å². The number of nitrogens with one attached hydrogen (secondary N) is 3. The van der Waals surface area contributed by atoms with E-state index in [1.165, 1.54) is 31.3 Å². The Bertz CT molecular complexity index is 2230. The molecule has 0 bridgehead atoms. The Labute approximate surface area is 357 Å². The fraction of sp³-hybridized carbons (Fsp3) is 0.512. The summed E-state index contributed by atoms with van der Waals surface area (Å²) in [4.78, 5) is 80.6. The van der Waals surface area contributed by atoms with E-state index in [4.69, 9.17) is 4.74 Å². The lowest BCUT2D eigenvalue weighted by Gasteiger charge is -2.38. The number of nitrogens with zero attached hydrogens (tertiary/aromatic N) is 7. The Balaban J connectivity index is 0.848. The molecule has 5 amide bonds. The summed E-state index contributed by atoms with van der Waals surface area (Å²) in [6.07, 6.45) is 6.55. The molecular weight excluding hydrogens is 810 g/mol. The van der Waals surface area contributed by atoms with Crippen LogP contribution in [0.1, 0.15) is 73.2 Å². The quantitative estimate of drug-likeness (QED) is 0.253. The van der Waals surface area contributed by atoms with Gasteiger partial charge in [0.1, 0.15) is 17.3 Å². The molecule has 3 saturated heterocycles. The first-order chi connectivity index (χ1) is 29.8. The van der Waals surface area contributed by atoms with E-state index in [1.807, 2.05) is 9.80 Å². The number of carbonyl (C=O) groups excluding carboxylic acids is 5. The van der Waals surface area contributed by atoms with Crippen molar-refractivity contribution >= 4 is 58.4 Å². The van der Waals surface area contributed by atoms with Crippen molar-refractivity contribution in [3.8, 4) is 5.75 Å². The van der Waals surface area contributed by atoms with Crippen molar-refractivity contribution in [3.05, 3.63) is 59.5 Å². The number of rotatable bonds is 10. The predicted octanol–water partition coefficient (Wildman–Crippen LogP) is 3.79. The summed E-state index contributed by atoms with van der Waals surface area (Å²) in [6, 6.07) is 9.15. The Morgan fingerprint density at radius 1 is 0.952 bits per heavy atom. The number of alkyl halides is 2. The van der Waals surface area contributed by atoms with Gasteiger partial charge in [0, 0.05) is 70.4 Å². The van der Waals surface area contributed by atoms with Crippen LogP contribution in [-0.4, -0.2) is 134 Å². The highest BCUT2D eigenvalue weighted by Gasteiger charge is 2.49. The average molecular weight is 861 g/mol. The van der Waals surface area contributed by atoms with Gasteiger partial charge in [-0.3, -0.25) is 34.2 Å². The van der Waals surface area contributed by atoms with Crippen LogP contribution in [-0.2, 0) is 19.2 Å². The highest BCUT2D eigenvalue weighted by molar-refractivity contribution is 6.02. The van der Waals surface area contributed by atoms with E-state index >= 15 is 13.2 Å². The number of likely N-dealkylation sites (tertiary alicyclic amines) is 1. The smallest absolute Gasteiger partial charge is 0.342 e. The van der Waals surface area contributed by atoms with Crippen LogP contribution in [0.15, 0.2) is 42.6 Å². The number of amides is 5. The van der Waals surface area contributed by atoms with Crippen LogP contribution in [0.4, 0.5) is 42.0 Å². The summed E-state index contributed by atoms with van der Waals surface area (Å²) in [5, 5.41) is 8.48. The van der Waals surface area contributed by atoms with E-state index in [0.29, 0.717) is 99.6 Å². The van der Waals surface area contributed by atoms with Crippen molar-refractivity contribution in [1.29, 1.82) is 0 Å². The SMILES string of the molecule is COc1cc(C(=O)NC2CCCN(C(=O)CN3CCN(c4ccc(C5CCC(=O)NC5=O)cc4F)CC3)C2)ccc1Nc1ncc2c(n1)N(C1CCCC1)CC(F)(F)C(=O)N2C. The van der Waals surface area contributed by atoms with Crippen LogP contribution in [0.2, 0.25) is 0 Å². The monoisotopic (exact) mass is 860 g/mol. The van der Waals surface area contributed by atoms with Crippen LogP contribution < -0.4 is 35.4 Å². The van der Waals surface area contributed by atoms with Gasteiger partial charge in [0.15, 0.2) is 5.82 Å². The Morgan fingerprint density at radius 2 is 1.73 bits per heavy atom. The molecule has 4 aliphatic heterocycles. The van der Waals surface area contributed by atoms with Crippen molar-refractivity contribution < 1.29 is 41.9 Å². The van der Waals surface area contributed by atoms with Crippen LogP contribution in [0, 0.1) is 5.82 Å². The van der Waals surface area contributed by atoms with Gasteiger partial charge >= 0.3 is 5.92 Å². The van der Waals surface area contributed by atoms with Crippen molar-refractivity contribution in [2.24, 2.45) is 0 Å². The Hall–Kier alpha value is -5.98. The number of benzene rings is 2. The van der Waals surface area contributed by atoms with E-state index in [9.17, 15) is 24.0 Å². The number of aromatic nitrogens is 2. The minimum absolute atomic E-state index is 0.0485. The van der Waals surface area contributed by atoms with Crippen molar-refractivity contribution in [1.82, 2.24) is 30.4 Å². The first kappa shape index (κ1) is 42.7. The summed E-state index contributed by atoms with van der Waals surface area (Å²) in [6.45, 7) is 2.47. The minimum Gasteiger partial charge on any atom is -0.495 e. The van der Waals surface area contributed by atoms with Crippen LogP contribution in [0.5, 0.6) is 5.75 Å². The minimum atomic E-state index is -3.60. The summed E-state index contributed by atoms with van der Waals surface area (Å²) < 4.78 is 51.0. The highest BCUT2D eigenvalue weighted by atomic mass is 19.3. The number of piperazine rings is 1. The largest absolute Gasteiger partial charge is 0.495 e. The molecule has 2 unspecified atom stereocenters. The van der Waals surface area contributed by atoms with E-state index in [1.54, 1.807) is 35.2 Å². The molecule has 62 heavy (non-hydrogen) atoms. The molecule has 3 aromatic rings.